The predicted octanol–water partition coefficient (Wildman–Crippen LogP) is 4.86. The van der Waals surface area contributed by atoms with E-state index in [4.69, 9.17) is 4.42 Å². The van der Waals surface area contributed by atoms with Crippen molar-refractivity contribution >= 4 is 27.7 Å². The molecule has 2 aliphatic heterocycles. The van der Waals surface area contributed by atoms with E-state index in [0.29, 0.717) is 31.9 Å². The number of carbonyl (C=O) groups excluding carboxylic acids is 1. The Hall–Kier alpha value is -2.79. The second-order valence-corrected chi connectivity index (χ2v) is 9.31. The number of fused-ring (bicyclic) bond motifs is 1. The molecule has 4 heterocycles. The molecule has 2 atom stereocenters. The smallest absolute Gasteiger partial charge is 0.410 e. The van der Waals surface area contributed by atoms with Crippen molar-refractivity contribution in [2.24, 2.45) is 0 Å². The Morgan fingerprint density at radius 3 is 2.50 bits per heavy atom. The number of nitrogens with zero attached hydrogens (tertiary/aromatic N) is 4. The van der Waals surface area contributed by atoms with Crippen LogP contribution in [0.25, 0.3) is 0 Å². The van der Waals surface area contributed by atoms with Gasteiger partial charge in [-0.05, 0) is 33.6 Å². The number of amides is 1. The maximum absolute atomic E-state index is 13.9. The molecule has 1 N–H and O–H groups in total. The molecular formula is C23H23BrF3N5O2. The Balaban J connectivity index is 1.34. The quantitative estimate of drug-likeness (QED) is 0.515. The summed E-state index contributed by atoms with van der Waals surface area (Å²) in [6, 6.07) is 10.8. The Morgan fingerprint density at radius 1 is 1.12 bits per heavy atom. The SMILES string of the molecule is O=C(c1nn2c(c1Br)N[C@@H](c1ccco1)C[C@@H]2C(F)(F)F)N1CCN(Cc2ccccc2)CC1. The Kier molecular flexibility index (Phi) is 6.15. The first-order valence-electron chi connectivity index (χ1n) is 11.0. The number of alkyl halides is 3. The largest absolute Gasteiger partial charge is 0.467 e. The number of aromatic nitrogens is 2. The molecule has 7 nitrogen and oxygen atoms in total. The number of rotatable bonds is 4. The van der Waals surface area contributed by atoms with Gasteiger partial charge in [0, 0.05) is 39.1 Å². The number of anilines is 1. The third-order valence-corrected chi connectivity index (χ3v) is 7.04. The molecule has 1 aromatic carbocycles. The van der Waals surface area contributed by atoms with E-state index in [-0.39, 0.29) is 28.3 Å². The molecule has 1 saturated heterocycles. The Bertz CT molecular complexity index is 1140. The van der Waals surface area contributed by atoms with Crippen LogP contribution in [0.2, 0.25) is 0 Å². The van der Waals surface area contributed by atoms with Crippen LogP contribution in [0, 0.1) is 0 Å². The average Bonchev–Trinajstić information content (AvgIpc) is 3.47. The molecule has 1 fully saturated rings. The fourth-order valence-corrected chi connectivity index (χ4v) is 5.05. The molecule has 1 amide bonds. The van der Waals surface area contributed by atoms with Crippen molar-refractivity contribution in [1.29, 1.82) is 0 Å². The number of hydrogen-bond donors (Lipinski definition) is 1. The van der Waals surface area contributed by atoms with Gasteiger partial charge in [-0.25, -0.2) is 4.68 Å². The first kappa shape index (κ1) is 23.0. The van der Waals surface area contributed by atoms with Crippen LogP contribution in [0.5, 0.6) is 0 Å². The second-order valence-electron chi connectivity index (χ2n) is 8.52. The summed E-state index contributed by atoms with van der Waals surface area (Å²) in [5.41, 5.74) is 1.18. The minimum atomic E-state index is -4.53. The van der Waals surface area contributed by atoms with E-state index in [9.17, 15) is 18.0 Å². The van der Waals surface area contributed by atoms with E-state index in [1.807, 2.05) is 18.2 Å². The lowest BCUT2D eigenvalue weighted by Gasteiger charge is -2.34. The van der Waals surface area contributed by atoms with Gasteiger partial charge in [-0.3, -0.25) is 9.69 Å². The van der Waals surface area contributed by atoms with Crippen molar-refractivity contribution in [1.82, 2.24) is 19.6 Å². The summed E-state index contributed by atoms with van der Waals surface area (Å²) >= 11 is 3.34. The molecule has 0 radical (unpaired) electrons. The van der Waals surface area contributed by atoms with Crippen LogP contribution in [0.15, 0.2) is 57.6 Å². The van der Waals surface area contributed by atoms with Gasteiger partial charge in [0.1, 0.15) is 11.6 Å². The van der Waals surface area contributed by atoms with Crippen molar-refractivity contribution in [2.75, 3.05) is 31.5 Å². The molecule has 2 aromatic heterocycles. The van der Waals surface area contributed by atoms with E-state index in [1.54, 1.807) is 17.0 Å². The first-order chi connectivity index (χ1) is 16.3. The number of halogens is 4. The predicted molar refractivity (Wildman–Crippen MR) is 122 cm³/mol. The van der Waals surface area contributed by atoms with Gasteiger partial charge >= 0.3 is 6.18 Å². The first-order valence-corrected chi connectivity index (χ1v) is 11.8. The van der Waals surface area contributed by atoms with Gasteiger partial charge in [0.05, 0.1) is 16.8 Å². The normalized spacial score (nSPS) is 21.2. The molecule has 34 heavy (non-hydrogen) atoms. The van der Waals surface area contributed by atoms with Gasteiger partial charge in [-0.2, -0.15) is 18.3 Å². The standard InChI is InChI=1S/C23H23BrF3N5O2/c24-19-20(22(33)31-10-8-30(9-11-31)14-15-5-2-1-3-6-15)29-32-18(23(25,26)27)13-16(28-21(19)32)17-7-4-12-34-17/h1-7,12,16,18,28H,8-11,13-14H2/t16-,18-/m1/s1. The van der Waals surface area contributed by atoms with Gasteiger partial charge in [0.25, 0.3) is 5.91 Å². The van der Waals surface area contributed by atoms with Crippen LogP contribution in [-0.2, 0) is 6.54 Å². The van der Waals surface area contributed by atoms with Gasteiger partial charge in [-0.15, -0.1) is 0 Å². The zero-order valence-corrected chi connectivity index (χ0v) is 19.7. The minimum Gasteiger partial charge on any atom is -0.467 e. The molecule has 0 saturated carbocycles. The van der Waals surface area contributed by atoms with Crippen molar-refractivity contribution in [2.45, 2.75) is 31.2 Å². The highest BCUT2D eigenvalue weighted by Gasteiger charge is 2.48. The highest BCUT2D eigenvalue weighted by Crippen LogP contribution is 2.46. The lowest BCUT2D eigenvalue weighted by atomic mass is 10.0. The topological polar surface area (TPSA) is 66.5 Å². The van der Waals surface area contributed by atoms with Gasteiger partial charge in [0.2, 0.25) is 0 Å². The van der Waals surface area contributed by atoms with Crippen molar-refractivity contribution in [3.63, 3.8) is 0 Å². The maximum atomic E-state index is 13.9. The lowest BCUT2D eigenvalue weighted by molar-refractivity contribution is -0.174. The molecule has 2 aliphatic rings. The molecule has 180 valence electrons. The third-order valence-electron chi connectivity index (χ3n) is 6.29. The highest BCUT2D eigenvalue weighted by atomic mass is 79.9. The number of piperazine rings is 1. The van der Waals surface area contributed by atoms with Crippen molar-refractivity contribution in [3.8, 4) is 0 Å². The minimum absolute atomic E-state index is 0.0200. The number of carbonyl (C=O) groups is 1. The number of benzene rings is 1. The highest BCUT2D eigenvalue weighted by molar-refractivity contribution is 9.10. The number of nitrogens with one attached hydrogen (secondary N) is 1. The monoisotopic (exact) mass is 537 g/mol. The molecule has 0 unspecified atom stereocenters. The van der Waals surface area contributed by atoms with Gasteiger partial charge < -0.3 is 14.6 Å². The fourth-order valence-electron chi connectivity index (χ4n) is 4.50. The van der Waals surface area contributed by atoms with E-state index < -0.39 is 18.3 Å². The van der Waals surface area contributed by atoms with E-state index in [1.165, 1.54) is 11.8 Å². The third kappa shape index (κ3) is 4.46. The Labute approximate surface area is 202 Å². The van der Waals surface area contributed by atoms with Crippen LogP contribution >= 0.6 is 15.9 Å². The maximum Gasteiger partial charge on any atom is 0.410 e. The van der Waals surface area contributed by atoms with Crippen LogP contribution in [0.1, 0.15) is 40.3 Å². The zero-order chi connectivity index (χ0) is 23.9. The summed E-state index contributed by atoms with van der Waals surface area (Å²) in [6.07, 6.45) is -3.40. The van der Waals surface area contributed by atoms with Crippen LogP contribution in [-0.4, -0.2) is 57.8 Å². The summed E-state index contributed by atoms with van der Waals surface area (Å²) in [7, 11) is 0. The van der Waals surface area contributed by atoms with E-state index in [2.05, 4.69) is 43.4 Å². The number of furan rings is 1. The average molecular weight is 538 g/mol. The summed E-state index contributed by atoms with van der Waals surface area (Å²) < 4.78 is 48.2. The van der Waals surface area contributed by atoms with Crippen molar-refractivity contribution < 1.29 is 22.4 Å². The molecule has 11 heteroatoms. The summed E-state index contributed by atoms with van der Waals surface area (Å²) in [5.74, 6) is 0.141. The number of hydrogen-bond acceptors (Lipinski definition) is 5. The fraction of sp³-hybridized carbons (Fsp3) is 0.391. The summed E-state index contributed by atoms with van der Waals surface area (Å²) in [5, 5.41) is 7.19. The molecule has 0 bridgehead atoms. The van der Waals surface area contributed by atoms with Crippen LogP contribution in [0.3, 0.4) is 0 Å². The van der Waals surface area contributed by atoms with Crippen molar-refractivity contribution in [3.05, 3.63) is 70.2 Å². The zero-order valence-electron chi connectivity index (χ0n) is 18.1. The van der Waals surface area contributed by atoms with E-state index in [0.717, 1.165) is 11.2 Å². The van der Waals surface area contributed by atoms with Gasteiger partial charge in [0.15, 0.2) is 11.7 Å². The van der Waals surface area contributed by atoms with Crippen LogP contribution in [0.4, 0.5) is 19.0 Å². The lowest BCUT2D eigenvalue weighted by Crippen LogP contribution is -2.48. The van der Waals surface area contributed by atoms with Crippen LogP contribution < -0.4 is 5.32 Å². The summed E-state index contributed by atoms with van der Waals surface area (Å²) in [6.45, 7) is 3.10. The Morgan fingerprint density at radius 2 is 1.85 bits per heavy atom. The molecule has 3 aromatic rings. The molecule has 0 aliphatic carbocycles. The second kappa shape index (κ2) is 9.10. The van der Waals surface area contributed by atoms with E-state index >= 15 is 0 Å². The van der Waals surface area contributed by atoms with Gasteiger partial charge in [-0.1, -0.05) is 30.3 Å². The molecule has 5 rings (SSSR count). The summed E-state index contributed by atoms with van der Waals surface area (Å²) in [4.78, 5) is 17.1. The molecule has 0 spiro atoms. The molecular weight excluding hydrogens is 515 g/mol.